The number of carboxylic acids is 1. The van der Waals surface area contributed by atoms with Crippen LogP contribution in [-0.2, 0) is 4.79 Å². The Balaban J connectivity index is 2.37. The first-order valence-corrected chi connectivity index (χ1v) is 7.40. The van der Waals surface area contributed by atoms with E-state index in [1.807, 2.05) is 25.2 Å². The van der Waals surface area contributed by atoms with Gasteiger partial charge in [-0.3, -0.25) is 9.59 Å². The Morgan fingerprint density at radius 2 is 2.18 bits per heavy atom. The van der Waals surface area contributed by atoms with Crippen molar-refractivity contribution in [1.29, 1.82) is 0 Å². The van der Waals surface area contributed by atoms with Gasteiger partial charge in [0.15, 0.2) is 0 Å². The lowest BCUT2D eigenvalue weighted by Crippen LogP contribution is -2.30. The Morgan fingerprint density at radius 1 is 1.45 bits per heavy atom. The highest BCUT2D eigenvalue weighted by atomic mass is 35.5. The van der Waals surface area contributed by atoms with E-state index in [0.29, 0.717) is 10.6 Å². The highest BCUT2D eigenvalue weighted by Crippen LogP contribution is 2.30. The number of carbonyl (C=O) groups is 2. The van der Waals surface area contributed by atoms with Gasteiger partial charge in [0.05, 0.1) is 10.4 Å². The number of amides is 1. The Kier molecular flexibility index (Phi) is 5.21. The number of carbonyl (C=O) groups excluding carboxylic acids is 1. The first-order valence-electron chi connectivity index (χ1n) is 6.58. The Labute approximate surface area is 137 Å². The molecule has 0 spiro atoms. The quantitative estimate of drug-likeness (QED) is 0.826. The molecule has 1 aliphatic carbocycles. The predicted molar refractivity (Wildman–Crippen MR) is 85.1 cm³/mol. The first-order chi connectivity index (χ1) is 10.4. The highest BCUT2D eigenvalue weighted by Gasteiger charge is 2.20. The molecule has 0 saturated carbocycles. The van der Waals surface area contributed by atoms with Gasteiger partial charge in [-0.05, 0) is 17.6 Å². The van der Waals surface area contributed by atoms with Gasteiger partial charge in [-0.1, -0.05) is 36.8 Å². The molecule has 1 amide bonds. The monoisotopic (exact) mass is 340 g/mol. The largest absolute Gasteiger partial charge is 0.480 e. The lowest BCUT2D eigenvalue weighted by atomic mass is 9.93. The lowest BCUT2D eigenvalue weighted by Gasteiger charge is -2.18. The van der Waals surface area contributed by atoms with E-state index in [4.69, 9.17) is 28.3 Å². The lowest BCUT2D eigenvalue weighted by molar-refractivity contribution is -0.135. The number of halogens is 2. The maximum atomic E-state index is 12.1. The van der Waals surface area contributed by atoms with E-state index >= 15 is 0 Å². The fourth-order valence-corrected chi connectivity index (χ4v) is 2.38. The summed E-state index contributed by atoms with van der Waals surface area (Å²) in [6.45, 7) is 1.50. The van der Waals surface area contributed by atoms with E-state index < -0.39 is 18.4 Å². The van der Waals surface area contributed by atoms with E-state index in [1.165, 1.54) is 6.20 Å². The van der Waals surface area contributed by atoms with Gasteiger partial charge in [0, 0.05) is 11.8 Å². The van der Waals surface area contributed by atoms with Gasteiger partial charge in [-0.15, -0.1) is 11.6 Å². The van der Waals surface area contributed by atoms with Crippen molar-refractivity contribution < 1.29 is 14.7 Å². The molecule has 2 rings (SSSR count). The summed E-state index contributed by atoms with van der Waals surface area (Å²) < 4.78 is 0. The SMILES string of the molecule is CC1C=CC(c2cc(Cl)cnc2C(=O)NCC(=O)O)=CC1Cl. The third kappa shape index (κ3) is 3.87. The average Bonchev–Trinajstić information content (AvgIpc) is 2.47. The summed E-state index contributed by atoms with van der Waals surface area (Å²) in [4.78, 5) is 26.7. The summed E-state index contributed by atoms with van der Waals surface area (Å²) in [5.41, 5.74) is 1.36. The number of allylic oxidation sites excluding steroid dienone is 4. The first kappa shape index (κ1) is 16.5. The summed E-state index contributed by atoms with van der Waals surface area (Å²) in [6, 6.07) is 1.61. The molecule has 0 bridgehead atoms. The molecule has 22 heavy (non-hydrogen) atoms. The zero-order chi connectivity index (χ0) is 16.3. The van der Waals surface area contributed by atoms with Gasteiger partial charge in [0.2, 0.25) is 0 Å². The van der Waals surface area contributed by atoms with Crippen molar-refractivity contribution in [3.63, 3.8) is 0 Å². The van der Waals surface area contributed by atoms with E-state index in [1.54, 1.807) is 6.07 Å². The fourth-order valence-electron chi connectivity index (χ4n) is 2.00. The molecule has 2 unspecified atom stereocenters. The van der Waals surface area contributed by atoms with Crippen LogP contribution >= 0.6 is 23.2 Å². The summed E-state index contributed by atoms with van der Waals surface area (Å²) in [5, 5.41) is 11.1. The summed E-state index contributed by atoms with van der Waals surface area (Å²) >= 11 is 12.2. The number of aliphatic carboxylic acids is 1. The summed E-state index contributed by atoms with van der Waals surface area (Å²) in [7, 11) is 0. The molecule has 2 N–H and O–H groups in total. The minimum Gasteiger partial charge on any atom is -0.480 e. The van der Waals surface area contributed by atoms with Crippen molar-refractivity contribution >= 4 is 40.7 Å². The zero-order valence-electron chi connectivity index (χ0n) is 11.7. The number of alkyl halides is 1. The zero-order valence-corrected chi connectivity index (χ0v) is 13.2. The molecule has 116 valence electrons. The molecule has 1 aromatic heterocycles. The molecule has 2 atom stereocenters. The van der Waals surface area contributed by atoms with Gasteiger partial charge in [-0.25, -0.2) is 4.98 Å². The van der Waals surface area contributed by atoms with Gasteiger partial charge in [0.1, 0.15) is 12.2 Å². The Bertz CT molecular complexity index is 671. The topological polar surface area (TPSA) is 79.3 Å². The molecule has 0 radical (unpaired) electrons. The van der Waals surface area contributed by atoms with E-state index in [9.17, 15) is 9.59 Å². The van der Waals surface area contributed by atoms with Crippen molar-refractivity contribution in [3.05, 3.63) is 46.8 Å². The molecule has 0 fully saturated rings. The second-order valence-electron chi connectivity index (χ2n) is 4.91. The fraction of sp³-hybridized carbons (Fsp3) is 0.267. The summed E-state index contributed by atoms with van der Waals surface area (Å²) in [5.74, 6) is -1.52. The van der Waals surface area contributed by atoms with E-state index in [0.717, 1.165) is 5.57 Å². The molecule has 0 aromatic carbocycles. The van der Waals surface area contributed by atoms with Crippen LogP contribution in [0, 0.1) is 5.92 Å². The van der Waals surface area contributed by atoms with Crippen LogP contribution in [0.2, 0.25) is 5.02 Å². The number of carboxylic acid groups (broad SMARTS) is 1. The number of nitrogens with one attached hydrogen (secondary N) is 1. The van der Waals surface area contributed by atoms with Gasteiger partial charge in [0.25, 0.3) is 5.91 Å². The number of aromatic nitrogens is 1. The second kappa shape index (κ2) is 6.94. The minimum absolute atomic E-state index is 0.111. The van der Waals surface area contributed by atoms with Crippen LogP contribution in [-0.4, -0.2) is 33.9 Å². The summed E-state index contributed by atoms with van der Waals surface area (Å²) in [6.07, 6.45) is 6.96. The molecule has 1 aromatic rings. The van der Waals surface area contributed by atoms with Gasteiger partial charge in [-0.2, -0.15) is 0 Å². The van der Waals surface area contributed by atoms with Crippen LogP contribution in [0.15, 0.2) is 30.5 Å². The molecule has 1 heterocycles. The Hall–Kier alpha value is -1.85. The second-order valence-corrected chi connectivity index (χ2v) is 5.85. The number of hydrogen-bond donors (Lipinski definition) is 2. The van der Waals surface area contributed by atoms with Gasteiger partial charge < -0.3 is 10.4 Å². The molecule has 0 saturated heterocycles. The maximum Gasteiger partial charge on any atom is 0.322 e. The van der Waals surface area contributed by atoms with Crippen LogP contribution in [0.25, 0.3) is 5.57 Å². The highest BCUT2D eigenvalue weighted by molar-refractivity contribution is 6.30. The smallest absolute Gasteiger partial charge is 0.322 e. The number of nitrogens with zero attached hydrogens (tertiary/aromatic N) is 1. The van der Waals surface area contributed by atoms with Gasteiger partial charge >= 0.3 is 5.97 Å². The van der Waals surface area contributed by atoms with Crippen LogP contribution in [0.3, 0.4) is 0 Å². The molecule has 7 heteroatoms. The van der Waals surface area contributed by atoms with Crippen LogP contribution in [0.4, 0.5) is 0 Å². The molecule has 1 aliphatic rings. The third-order valence-corrected chi connectivity index (χ3v) is 3.93. The van der Waals surface area contributed by atoms with E-state index in [2.05, 4.69) is 10.3 Å². The van der Waals surface area contributed by atoms with Crippen molar-refractivity contribution in [2.45, 2.75) is 12.3 Å². The third-order valence-electron chi connectivity index (χ3n) is 3.20. The van der Waals surface area contributed by atoms with E-state index in [-0.39, 0.29) is 17.0 Å². The van der Waals surface area contributed by atoms with Crippen LogP contribution in [0.1, 0.15) is 23.0 Å². The van der Waals surface area contributed by atoms with Crippen molar-refractivity contribution in [2.24, 2.45) is 5.92 Å². The van der Waals surface area contributed by atoms with Crippen LogP contribution in [0.5, 0.6) is 0 Å². The predicted octanol–water partition coefficient (Wildman–Crippen LogP) is 2.75. The van der Waals surface area contributed by atoms with Crippen LogP contribution < -0.4 is 5.32 Å². The minimum atomic E-state index is -1.13. The average molecular weight is 341 g/mol. The molecular formula is C15H14Cl2N2O3. The molecule has 5 nitrogen and oxygen atoms in total. The Morgan fingerprint density at radius 3 is 2.82 bits per heavy atom. The maximum absolute atomic E-state index is 12.1. The number of pyridine rings is 1. The standard InChI is InChI=1S/C15H14Cl2N2O3/c1-8-2-3-9(4-12(8)17)11-5-10(16)6-18-14(11)15(22)19-7-13(20)21/h2-6,8,12H,7H2,1H3,(H,19,22)(H,20,21). The van der Waals surface area contributed by atoms with Crippen molar-refractivity contribution in [1.82, 2.24) is 10.3 Å². The number of rotatable bonds is 4. The normalized spacial score (nSPS) is 20.4. The number of hydrogen-bond acceptors (Lipinski definition) is 3. The molecular weight excluding hydrogens is 327 g/mol. The molecule has 0 aliphatic heterocycles. The van der Waals surface area contributed by atoms with Crippen molar-refractivity contribution in [3.8, 4) is 0 Å². The van der Waals surface area contributed by atoms with Crippen molar-refractivity contribution in [2.75, 3.05) is 6.54 Å².